The number of nitrogens with zero attached hydrogens (tertiary/aromatic N) is 5. The van der Waals surface area contributed by atoms with Gasteiger partial charge in [-0.2, -0.15) is 4.98 Å². The Labute approximate surface area is 155 Å². The molecule has 7 heteroatoms. The lowest BCUT2D eigenvalue weighted by Crippen LogP contribution is -2.02. The molecule has 4 rings (SSSR count). The van der Waals surface area contributed by atoms with Crippen LogP contribution in [0.15, 0.2) is 53.1 Å². The molecular weight excluding hydrogens is 350 g/mol. The van der Waals surface area contributed by atoms with Crippen molar-refractivity contribution in [1.82, 2.24) is 25.1 Å². The highest BCUT2D eigenvalue weighted by Crippen LogP contribution is 2.26. The molecule has 0 amide bonds. The summed E-state index contributed by atoms with van der Waals surface area (Å²) in [6, 6.07) is 15.4. The molecule has 0 N–H and O–H groups in total. The molecule has 0 aliphatic carbocycles. The van der Waals surface area contributed by atoms with Crippen LogP contribution in [0.4, 0.5) is 0 Å². The van der Waals surface area contributed by atoms with Crippen LogP contribution >= 0.6 is 11.6 Å². The summed E-state index contributed by atoms with van der Waals surface area (Å²) in [6.45, 7) is 4.05. The van der Waals surface area contributed by atoms with Gasteiger partial charge in [0.25, 0.3) is 5.89 Å². The molecule has 0 unspecified atom stereocenters. The molecule has 2 heterocycles. The third-order valence-corrected chi connectivity index (χ3v) is 4.48. The number of rotatable bonds is 4. The molecule has 0 fully saturated rings. The SMILES string of the molecule is CCc1ccccc1-n1nnc(-c2nc(-c3ccc(Cl)cc3)no2)c1C. The highest BCUT2D eigenvalue weighted by Gasteiger charge is 2.19. The summed E-state index contributed by atoms with van der Waals surface area (Å²) in [5.74, 6) is 0.826. The van der Waals surface area contributed by atoms with Crippen molar-refractivity contribution in [2.45, 2.75) is 20.3 Å². The van der Waals surface area contributed by atoms with Crippen LogP contribution < -0.4 is 0 Å². The maximum atomic E-state index is 5.92. The summed E-state index contributed by atoms with van der Waals surface area (Å²) in [5.41, 5.74) is 4.44. The van der Waals surface area contributed by atoms with E-state index in [9.17, 15) is 0 Å². The fourth-order valence-corrected chi connectivity index (χ4v) is 2.93. The second kappa shape index (κ2) is 6.72. The van der Waals surface area contributed by atoms with Crippen LogP contribution in [0.25, 0.3) is 28.7 Å². The van der Waals surface area contributed by atoms with E-state index in [1.807, 2.05) is 37.3 Å². The zero-order valence-corrected chi connectivity index (χ0v) is 15.1. The average molecular weight is 366 g/mol. The first-order chi connectivity index (χ1) is 12.7. The first kappa shape index (κ1) is 16.5. The van der Waals surface area contributed by atoms with E-state index in [0.717, 1.165) is 23.4 Å². The smallest absolute Gasteiger partial charge is 0.280 e. The molecule has 0 spiro atoms. The Kier molecular flexibility index (Phi) is 4.26. The highest BCUT2D eigenvalue weighted by molar-refractivity contribution is 6.30. The van der Waals surface area contributed by atoms with E-state index >= 15 is 0 Å². The van der Waals surface area contributed by atoms with Gasteiger partial charge in [-0.1, -0.05) is 47.1 Å². The minimum absolute atomic E-state index is 0.340. The molecule has 0 bridgehead atoms. The van der Waals surface area contributed by atoms with E-state index in [1.54, 1.807) is 16.8 Å². The Hall–Kier alpha value is -2.99. The third-order valence-electron chi connectivity index (χ3n) is 4.23. The third kappa shape index (κ3) is 2.88. The summed E-state index contributed by atoms with van der Waals surface area (Å²) in [7, 11) is 0. The van der Waals surface area contributed by atoms with E-state index in [2.05, 4.69) is 33.4 Å². The van der Waals surface area contributed by atoms with Gasteiger partial charge >= 0.3 is 0 Å². The lowest BCUT2D eigenvalue weighted by atomic mass is 10.1. The summed E-state index contributed by atoms with van der Waals surface area (Å²) >= 11 is 5.92. The molecule has 0 radical (unpaired) electrons. The summed E-state index contributed by atoms with van der Waals surface area (Å²) < 4.78 is 7.22. The highest BCUT2D eigenvalue weighted by atomic mass is 35.5. The number of halogens is 1. The Morgan fingerprint density at radius 3 is 2.62 bits per heavy atom. The molecule has 130 valence electrons. The second-order valence-electron chi connectivity index (χ2n) is 5.85. The van der Waals surface area contributed by atoms with E-state index in [4.69, 9.17) is 16.1 Å². The van der Waals surface area contributed by atoms with Crippen LogP contribution in [0, 0.1) is 6.92 Å². The summed E-state index contributed by atoms with van der Waals surface area (Å²) in [5, 5.41) is 13.2. The number of para-hydroxylation sites is 1. The molecule has 2 aromatic heterocycles. The predicted octanol–water partition coefficient (Wildman–Crippen LogP) is 4.51. The number of benzene rings is 2. The topological polar surface area (TPSA) is 69.6 Å². The van der Waals surface area contributed by atoms with Crippen LogP contribution in [0.5, 0.6) is 0 Å². The second-order valence-corrected chi connectivity index (χ2v) is 6.28. The van der Waals surface area contributed by atoms with Crippen molar-refractivity contribution in [3.05, 3.63) is 64.8 Å². The van der Waals surface area contributed by atoms with Gasteiger partial charge in [0.1, 0.15) is 0 Å². The van der Waals surface area contributed by atoms with Gasteiger partial charge in [0, 0.05) is 10.6 Å². The molecule has 0 atom stereocenters. The van der Waals surface area contributed by atoms with Crippen molar-refractivity contribution in [3.8, 4) is 28.7 Å². The minimum atomic E-state index is 0.340. The van der Waals surface area contributed by atoms with E-state index in [1.165, 1.54) is 5.56 Å². The van der Waals surface area contributed by atoms with Gasteiger partial charge in [-0.15, -0.1) is 5.10 Å². The Morgan fingerprint density at radius 2 is 1.85 bits per heavy atom. The molecule has 0 saturated carbocycles. The van der Waals surface area contributed by atoms with Gasteiger partial charge in [0.2, 0.25) is 5.82 Å². The maximum absolute atomic E-state index is 5.92. The average Bonchev–Trinajstić information content (AvgIpc) is 3.29. The normalized spacial score (nSPS) is 11.0. The zero-order chi connectivity index (χ0) is 18.1. The van der Waals surface area contributed by atoms with Crippen LogP contribution in [-0.2, 0) is 6.42 Å². The number of aryl methyl sites for hydroxylation is 1. The van der Waals surface area contributed by atoms with Crippen molar-refractivity contribution < 1.29 is 4.52 Å². The molecule has 6 nitrogen and oxygen atoms in total. The molecule has 4 aromatic rings. The van der Waals surface area contributed by atoms with Crippen molar-refractivity contribution in [3.63, 3.8) is 0 Å². The van der Waals surface area contributed by atoms with Gasteiger partial charge in [-0.25, -0.2) is 4.68 Å². The molecule has 0 aliphatic rings. The van der Waals surface area contributed by atoms with Gasteiger partial charge in [0.05, 0.1) is 11.4 Å². The Bertz CT molecular complexity index is 1050. The number of hydrogen-bond donors (Lipinski definition) is 0. The first-order valence-corrected chi connectivity index (χ1v) is 8.65. The summed E-state index contributed by atoms with van der Waals surface area (Å²) in [6.07, 6.45) is 0.909. The van der Waals surface area contributed by atoms with Gasteiger partial charge in [-0.05, 0) is 49.2 Å². The van der Waals surface area contributed by atoms with Crippen LogP contribution in [-0.4, -0.2) is 25.1 Å². The zero-order valence-electron chi connectivity index (χ0n) is 14.3. The van der Waals surface area contributed by atoms with Crippen LogP contribution in [0.3, 0.4) is 0 Å². The maximum Gasteiger partial charge on any atom is 0.280 e. The van der Waals surface area contributed by atoms with Crippen LogP contribution in [0.2, 0.25) is 5.02 Å². The molecule has 2 aromatic carbocycles. The number of aromatic nitrogens is 5. The first-order valence-electron chi connectivity index (χ1n) is 8.28. The van der Waals surface area contributed by atoms with Crippen LogP contribution in [0.1, 0.15) is 18.2 Å². The molecule has 26 heavy (non-hydrogen) atoms. The molecular formula is C19H16ClN5O. The fourth-order valence-electron chi connectivity index (χ4n) is 2.81. The largest absolute Gasteiger partial charge is 0.332 e. The monoisotopic (exact) mass is 365 g/mol. The summed E-state index contributed by atoms with van der Waals surface area (Å²) in [4.78, 5) is 4.45. The van der Waals surface area contributed by atoms with Gasteiger partial charge in [0.15, 0.2) is 5.69 Å². The van der Waals surface area contributed by atoms with Crippen molar-refractivity contribution >= 4 is 11.6 Å². The van der Waals surface area contributed by atoms with Crippen molar-refractivity contribution in [2.24, 2.45) is 0 Å². The Morgan fingerprint density at radius 1 is 1.08 bits per heavy atom. The van der Waals surface area contributed by atoms with Gasteiger partial charge in [-0.3, -0.25) is 0 Å². The predicted molar refractivity (Wildman–Crippen MR) is 99.2 cm³/mol. The molecule has 0 saturated heterocycles. The molecule has 0 aliphatic heterocycles. The Balaban J connectivity index is 1.72. The van der Waals surface area contributed by atoms with E-state index in [0.29, 0.717) is 22.4 Å². The van der Waals surface area contributed by atoms with Crippen molar-refractivity contribution in [2.75, 3.05) is 0 Å². The van der Waals surface area contributed by atoms with E-state index < -0.39 is 0 Å². The standard InChI is InChI=1S/C19H16ClN5O/c1-3-13-6-4-5-7-16(13)25-12(2)17(22-24-25)19-21-18(23-26-19)14-8-10-15(20)11-9-14/h4-11H,3H2,1-2H3. The van der Waals surface area contributed by atoms with Crippen molar-refractivity contribution in [1.29, 1.82) is 0 Å². The minimum Gasteiger partial charge on any atom is -0.332 e. The van der Waals surface area contributed by atoms with E-state index in [-0.39, 0.29) is 0 Å². The lowest BCUT2D eigenvalue weighted by Gasteiger charge is -2.08. The lowest BCUT2D eigenvalue weighted by molar-refractivity contribution is 0.430. The quantitative estimate of drug-likeness (QED) is 0.532. The van der Waals surface area contributed by atoms with Gasteiger partial charge < -0.3 is 4.52 Å². The number of hydrogen-bond acceptors (Lipinski definition) is 5. The fraction of sp³-hybridized carbons (Fsp3) is 0.158.